The van der Waals surface area contributed by atoms with E-state index in [2.05, 4.69) is 10.3 Å². The highest BCUT2D eigenvalue weighted by molar-refractivity contribution is 6.30. The Hall–Kier alpha value is -2.26. The van der Waals surface area contributed by atoms with Gasteiger partial charge in [0.2, 0.25) is 0 Å². The Balaban J connectivity index is 2.39. The topological polar surface area (TPSA) is 48.7 Å². The van der Waals surface area contributed by atoms with Gasteiger partial charge in [0, 0.05) is 10.7 Å². The molecule has 0 saturated heterocycles. The van der Waals surface area contributed by atoms with E-state index < -0.39 is 11.9 Å². The molecule has 0 atom stereocenters. The number of pyridine rings is 1. The van der Waals surface area contributed by atoms with E-state index in [4.69, 9.17) is 16.9 Å². The van der Waals surface area contributed by atoms with E-state index in [1.54, 1.807) is 30.3 Å². The zero-order valence-electron chi connectivity index (χ0n) is 9.87. The molecule has 2 aromatic rings. The van der Waals surface area contributed by atoms with Crippen LogP contribution in [0.2, 0.25) is 5.02 Å². The van der Waals surface area contributed by atoms with Gasteiger partial charge in [-0.2, -0.15) is 18.4 Å². The molecule has 7 heteroatoms. The minimum absolute atomic E-state index is 0.0212. The second-order valence-electron chi connectivity index (χ2n) is 3.83. The van der Waals surface area contributed by atoms with E-state index in [0.29, 0.717) is 10.7 Å². The maximum Gasteiger partial charge on any atom is 0.433 e. The minimum Gasteiger partial charge on any atom is -0.339 e. The number of aromatic nitrogens is 1. The van der Waals surface area contributed by atoms with Crippen molar-refractivity contribution in [3.05, 3.63) is 52.7 Å². The van der Waals surface area contributed by atoms with Crippen molar-refractivity contribution in [1.82, 2.24) is 4.98 Å². The van der Waals surface area contributed by atoms with E-state index >= 15 is 0 Å². The third-order valence-corrected chi connectivity index (χ3v) is 2.67. The number of nitrogens with zero attached hydrogens (tertiary/aromatic N) is 2. The molecule has 3 nitrogen and oxygen atoms in total. The summed E-state index contributed by atoms with van der Waals surface area (Å²) in [5, 5.41) is 12.1. The molecule has 0 spiro atoms. The second-order valence-corrected chi connectivity index (χ2v) is 4.27. The number of nitriles is 1. The number of nitrogens with one attached hydrogen (secondary N) is 1. The predicted molar refractivity (Wildman–Crippen MR) is 68.7 cm³/mol. The van der Waals surface area contributed by atoms with E-state index in [1.165, 1.54) is 0 Å². The molecule has 0 radical (unpaired) electrons. The summed E-state index contributed by atoms with van der Waals surface area (Å²) in [7, 11) is 0. The first-order chi connectivity index (χ1) is 9.40. The van der Waals surface area contributed by atoms with Gasteiger partial charge in [0.1, 0.15) is 17.6 Å². The van der Waals surface area contributed by atoms with Crippen molar-refractivity contribution in [2.24, 2.45) is 0 Å². The Morgan fingerprint density at radius 2 is 1.75 bits per heavy atom. The molecule has 1 aromatic carbocycles. The molecule has 1 N–H and O–H groups in total. The van der Waals surface area contributed by atoms with Crippen LogP contribution in [0, 0.1) is 11.3 Å². The van der Waals surface area contributed by atoms with Crippen LogP contribution in [0.25, 0.3) is 0 Å². The van der Waals surface area contributed by atoms with Crippen LogP contribution in [0.15, 0.2) is 36.4 Å². The summed E-state index contributed by atoms with van der Waals surface area (Å²) in [5.74, 6) is -0.148. The number of hydrogen-bond acceptors (Lipinski definition) is 3. The van der Waals surface area contributed by atoms with Gasteiger partial charge in [-0.05, 0) is 36.4 Å². The SMILES string of the molecule is N#Cc1ccc(C(F)(F)F)nc1Nc1ccc(Cl)cc1. The number of alkyl halides is 3. The number of hydrogen-bond donors (Lipinski definition) is 1. The zero-order valence-corrected chi connectivity index (χ0v) is 10.6. The summed E-state index contributed by atoms with van der Waals surface area (Å²) in [5.41, 5.74) is -0.557. The predicted octanol–water partition coefficient (Wildman–Crippen LogP) is 4.37. The van der Waals surface area contributed by atoms with Gasteiger partial charge >= 0.3 is 6.18 Å². The van der Waals surface area contributed by atoms with E-state index in [-0.39, 0.29) is 11.4 Å². The van der Waals surface area contributed by atoms with Crippen molar-refractivity contribution in [3.63, 3.8) is 0 Å². The van der Waals surface area contributed by atoms with E-state index in [0.717, 1.165) is 12.1 Å². The van der Waals surface area contributed by atoms with Crippen LogP contribution in [0.5, 0.6) is 0 Å². The maximum atomic E-state index is 12.6. The Morgan fingerprint density at radius 3 is 2.30 bits per heavy atom. The lowest BCUT2D eigenvalue weighted by Gasteiger charge is -2.11. The van der Waals surface area contributed by atoms with Crippen LogP contribution in [0.4, 0.5) is 24.7 Å². The van der Waals surface area contributed by atoms with Gasteiger partial charge in [-0.15, -0.1) is 0 Å². The summed E-state index contributed by atoms with van der Waals surface area (Å²) in [6, 6.07) is 9.93. The molecular formula is C13H7ClF3N3. The molecule has 0 aliphatic heterocycles. The van der Waals surface area contributed by atoms with Gasteiger partial charge < -0.3 is 5.32 Å². The maximum absolute atomic E-state index is 12.6. The van der Waals surface area contributed by atoms with Crippen molar-refractivity contribution < 1.29 is 13.2 Å². The fourth-order valence-corrected chi connectivity index (χ4v) is 1.60. The largest absolute Gasteiger partial charge is 0.433 e. The average Bonchev–Trinajstić information content (AvgIpc) is 2.40. The third-order valence-electron chi connectivity index (χ3n) is 2.41. The van der Waals surface area contributed by atoms with Crippen LogP contribution in [-0.2, 0) is 6.18 Å². The number of benzene rings is 1. The quantitative estimate of drug-likeness (QED) is 0.895. The molecule has 102 valence electrons. The van der Waals surface area contributed by atoms with Crippen LogP contribution >= 0.6 is 11.6 Å². The summed E-state index contributed by atoms with van der Waals surface area (Å²) in [4.78, 5) is 3.44. The molecule has 2 rings (SSSR count). The average molecular weight is 298 g/mol. The number of rotatable bonds is 2. The molecule has 0 aliphatic rings. The van der Waals surface area contributed by atoms with Gasteiger partial charge in [0.05, 0.1) is 5.56 Å². The van der Waals surface area contributed by atoms with Crippen LogP contribution in [0.1, 0.15) is 11.3 Å². The molecule has 0 unspecified atom stereocenters. The molecule has 0 aliphatic carbocycles. The van der Waals surface area contributed by atoms with Crippen molar-refractivity contribution in [2.75, 3.05) is 5.32 Å². The Morgan fingerprint density at radius 1 is 1.10 bits per heavy atom. The first-order valence-electron chi connectivity index (χ1n) is 5.41. The second kappa shape index (κ2) is 5.39. The molecule has 0 bridgehead atoms. The summed E-state index contributed by atoms with van der Waals surface area (Å²) >= 11 is 5.71. The Labute approximate surface area is 117 Å². The van der Waals surface area contributed by atoms with Gasteiger partial charge in [-0.1, -0.05) is 11.6 Å². The molecule has 20 heavy (non-hydrogen) atoms. The zero-order chi connectivity index (χ0) is 14.8. The Bertz CT molecular complexity index is 660. The monoisotopic (exact) mass is 297 g/mol. The van der Waals surface area contributed by atoms with Crippen molar-refractivity contribution >= 4 is 23.1 Å². The highest BCUT2D eigenvalue weighted by Gasteiger charge is 2.33. The molecule has 0 fully saturated rings. The first kappa shape index (κ1) is 14.2. The summed E-state index contributed by atoms with van der Waals surface area (Å²) < 4.78 is 37.8. The first-order valence-corrected chi connectivity index (χ1v) is 5.79. The molecule has 0 amide bonds. The van der Waals surface area contributed by atoms with Gasteiger partial charge in [-0.25, -0.2) is 4.98 Å². The smallest absolute Gasteiger partial charge is 0.339 e. The van der Waals surface area contributed by atoms with Gasteiger partial charge in [0.25, 0.3) is 0 Å². The fraction of sp³-hybridized carbons (Fsp3) is 0.0769. The summed E-state index contributed by atoms with van der Waals surface area (Å²) in [6.45, 7) is 0. The molecule has 1 aromatic heterocycles. The third kappa shape index (κ3) is 3.19. The van der Waals surface area contributed by atoms with Gasteiger partial charge in [-0.3, -0.25) is 0 Å². The lowest BCUT2D eigenvalue weighted by molar-refractivity contribution is -0.141. The normalized spacial score (nSPS) is 10.9. The van der Waals surface area contributed by atoms with Crippen molar-refractivity contribution in [3.8, 4) is 6.07 Å². The number of halogens is 4. The van der Waals surface area contributed by atoms with Crippen molar-refractivity contribution in [2.45, 2.75) is 6.18 Å². The highest BCUT2D eigenvalue weighted by atomic mass is 35.5. The molecule has 1 heterocycles. The lowest BCUT2D eigenvalue weighted by Crippen LogP contribution is -2.10. The minimum atomic E-state index is -4.57. The Kier molecular flexibility index (Phi) is 3.81. The number of anilines is 2. The lowest BCUT2D eigenvalue weighted by atomic mass is 10.2. The van der Waals surface area contributed by atoms with Crippen LogP contribution in [0.3, 0.4) is 0 Å². The van der Waals surface area contributed by atoms with Crippen molar-refractivity contribution in [1.29, 1.82) is 5.26 Å². The van der Waals surface area contributed by atoms with E-state index in [9.17, 15) is 13.2 Å². The van der Waals surface area contributed by atoms with E-state index in [1.807, 2.05) is 0 Å². The van der Waals surface area contributed by atoms with Crippen LogP contribution in [-0.4, -0.2) is 4.98 Å². The van der Waals surface area contributed by atoms with Crippen LogP contribution < -0.4 is 5.32 Å². The molecule has 0 saturated carbocycles. The fourth-order valence-electron chi connectivity index (χ4n) is 1.47. The highest BCUT2D eigenvalue weighted by Crippen LogP contribution is 2.30. The standard InChI is InChI=1S/C13H7ClF3N3/c14-9-2-4-10(5-3-9)19-12-8(7-18)1-6-11(20-12)13(15,16)17/h1-6H,(H,19,20). The summed E-state index contributed by atoms with van der Waals surface area (Å²) in [6.07, 6.45) is -4.57. The van der Waals surface area contributed by atoms with Gasteiger partial charge in [0.15, 0.2) is 0 Å². The molecular weight excluding hydrogens is 291 g/mol.